The van der Waals surface area contributed by atoms with E-state index in [0.29, 0.717) is 22.8 Å². The number of halogens is 1. The fourth-order valence-electron chi connectivity index (χ4n) is 3.20. The number of rotatable bonds is 5. The number of carbonyl (C=O) groups excluding carboxylic acids is 1. The highest BCUT2D eigenvalue weighted by Gasteiger charge is 2.22. The number of benzene rings is 2. The molecule has 0 spiro atoms. The van der Waals surface area contributed by atoms with Crippen LogP contribution in [0.5, 0.6) is 0 Å². The second kappa shape index (κ2) is 7.84. The van der Waals surface area contributed by atoms with Crippen LogP contribution in [0.25, 0.3) is 10.9 Å². The number of aromatic nitrogens is 2. The summed E-state index contributed by atoms with van der Waals surface area (Å²) in [6, 6.07) is 18.7. The molecule has 2 heterocycles. The molecule has 4 rings (SSSR count). The van der Waals surface area contributed by atoms with Crippen molar-refractivity contribution < 1.29 is 9.90 Å². The SMILES string of the molecule is O=C(Nc1ccncc1)C(O)c1cn(Cc2ccc(Cl)cc2)c2ccccc12. The van der Waals surface area contributed by atoms with Gasteiger partial charge in [-0.3, -0.25) is 9.78 Å². The van der Waals surface area contributed by atoms with Gasteiger partial charge in [0.25, 0.3) is 5.91 Å². The molecule has 6 heteroatoms. The maximum atomic E-state index is 12.6. The van der Waals surface area contributed by atoms with Gasteiger partial charge in [-0.15, -0.1) is 0 Å². The number of fused-ring (bicyclic) bond motifs is 1. The van der Waals surface area contributed by atoms with Crippen molar-refractivity contribution in [2.45, 2.75) is 12.6 Å². The zero-order valence-electron chi connectivity index (χ0n) is 14.9. The number of anilines is 1. The van der Waals surface area contributed by atoms with Gasteiger partial charge in [-0.05, 0) is 35.9 Å². The van der Waals surface area contributed by atoms with Crippen molar-refractivity contribution in [2.75, 3.05) is 5.32 Å². The molecule has 2 N–H and O–H groups in total. The number of aliphatic hydroxyl groups excluding tert-OH is 1. The highest BCUT2D eigenvalue weighted by atomic mass is 35.5. The van der Waals surface area contributed by atoms with Crippen LogP contribution in [-0.4, -0.2) is 20.6 Å². The molecule has 0 saturated carbocycles. The van der Waals surface area contributed by atoms with Gasteiger partial charge in [-0.25, -0.2) is 0 Å². The largest absolute Gasteiger partial charge is 0.378 e. The minimum atomic E-state index is -1.29. The van der Waals surface area contributed by atoms with Gasteiger partial charge in [0.1, 0.15) is 0 Å². The molecule has 2 aromatic heterocycles. The first-order valence-electron chi connectivity index (χ1n) is 8.83. The van der Waals surface area contributed by atoms with Crippen LogP contribution in [0.1, 0.15) is 17.2 Å². The van der Waals surface area contributed by atoms with Gasteiger partial charge < -0.3 is 15.0 Å². The van der Waals surface area contributed by atoms with Crippen molar-refractivity contribution in [1.82, 2.24) is 9.55 Å². The van der Waals surface area contributed by atoms with Crippen molar-refractivity contribution in [2.24, 2.45) is 0 Å². The van der Waals surface area contributed by atoms with Crippen molar-refractivity contribution in [1.29, 1.82) is 0 Å². The second-order valence-electron chi connectivity index (χ2n) is 6.48. The number of para-hydroxylation sites is 1. The number of pyridine rings is 1. The van der Waals surface area contributed by atoms with E-state index in [9.17, 15) is 9.90 Å². The minimum Gasteiger partial charge on any atom is -0.378 e. The molecule has 140 valence electrons. The Morgan fingerprint density at radius 1 is 1.07 bits per heavy atom. The Morgan fingerprint density at radius 2 is 1.79 bits per heavy atom. The summed E-state index contributed by atoms with van der Waals surface area (Å²) in [5.74, 6) is -0.486. The first-order chi connectivity index (χ1) is 13.6. The number of aliphatic hydroxyl groups is 1. The number of nitrogens with one attached hydrogen (secondary N) is 1. The summed E-state index contributed by atoms with van der Waals surface area (Å²) < 4.78 is 2.02. The third-order valence-corrected chi connectivity index (χ3v) is 4.83. The Kier molecular flexibility index (Phi) is 5.10. The third-order valence-electron chi connectivity index (χ3n) is 4.58. The van der Waals surface area contributed by atoms with Crippen LogP contribution in [0.4, 0.5) is 5.69 Å². The molecule has 5 nitrogen and oxygen atoms in total. The zero-order valence-corrected chi connectivity index (χ0v) is 15.7. The first kappa shape index (κ1) is 18.2. The molecule has 0 bridgehead atoms. The van der Waals surface area contributed by atoms with Gasteiger partial charge in [-0.2, -0.15) is 0 Å². The number of hydrogen-bond donors (Lipinski definition) is 2. The van der Waals surface area contributed by atoms with Crippen molar-refractivity contribution >= 4 is 34.1 Å². The lowest BCUT2D eigenvalue weighted by Gasteiger charge is -2.10. The average molecular weight is 392 g/mol. The fourth-order valence-corrected chi connectivity index (χ4v) is 3.32. The van der Waals surface area contributed by atoms with Crippen molar-refractivity contribution in [3.63, 3.8) is 0 Å². The average Bonchev–Trinajstić information content (AvgIpc) is 3.08. The Bertz CT molecular complexity index is 1110. The molecule has 0 aliphatic rings. The molecule has 1 amide bonds. The van der Waals surface area contributed by atoms with Crippen LogP contribution in [0.15, 0.2) is 79.3 Å². The van der Waals surface area contributed by atoms with E-state index in [1.165, 1.54) is 0 Å². The van der Waals surface area contributed by atoms with E-state index in [0.717, 1.165) is 16.5 Å². The van der Waals surface area contributed by atoms with Crippen LogP contribution < -0.4 is 5.32 Å². The predicted molar refractivity (Wildman–Crippen MR) is 110 cm³/mol. The summed E-state index contributed by atoms with van der Waals surface area (Å²) in [6.07, 6.45) is 3.71. The molecule has 0 saturated heterocycles. The monoisotopic (exact) mass is 391 g/mol. The molecule has 0 fully saturated rings. The standard InChI is InChI=1S/C22H18ClN3O2/c23-16-7-5-15(6-8-16)13-26-14-19(18-3-1-2-4-20(18)26)21(27)22(28)25-17-9-11-24-12-10-17/h1-12,14,21,27H,13H2,(H,24,25,28). The molecule has 4 aromatic rings. The quantitative estimate of drug-likeness (QED) is 0.529. The van der Waals surface area contributed by atoms with Gasteiger partial charge in [0.15, 0.2) is 6.10 Å². The van der Waals surface area contributed by atoms with Gasteiger partial charge in [0, 0.05) is 52.3 Å². The lowest BCUT2D eigenvalue weighted by Crippen LogP contribution is -2.20. The maximum absolute atomic E-state index is 12.6. The van der Waals surface area contributed by atoms with E-state index in [4.69, 9.17) is 11.6 Å². The maximum Gasteiger partial charge on any atom is 0.257 e. The highest BCUT2D eigenvalue weighted by Crippen LogP contribution is 2.28. The first-order valence-corrected chi connectivity index (χ1v) is 9.21. The normalized spacial score (nSPS) is 12.1. The Balaban J connectivity index is 1.65. The van der Waals surface area contributed by atoms with E-state index in [-0.39, 0.29) is 0 Å². The topological polar surface area (TPSA) is 67.2 Å². The van der Waals surface area contributed by atoms with Crippen LogP contribution in [0.3, 0.4) is 0 Å². The van der Waals surface area contributed by atoms with Gasteiger partial charge in [0.05, 0.1) is 0 Å². The molecule has 0 aliphatic carbocycles. The molecule has 28 heavy (non-hydrogen) atoms. The van der Waals surface area contributed by atoms with Crippen LogP contribution in [0, 0.1) is 0 Å². The molecular weight excluding hydrogens is 374 g/mol. The molecule has 1 unspecified atom stereocenters. The van der Waals surface area contributed by atoms with Gasteiger partial charge in [0.2, 0.25) is 0 Å². The highest BCUT2D eigenvalue weighted by molar-refractivity contribution is 6.30. The van der Waals surface area contributed by atoms with Crippen molar-refractivity contribution in [3.05, 3.63) is 95.4 Å². The van der Waals surface area contributed by atoms with Gasteiger partial charge >= 0.3 is 0 Å². The number of amides is 1. The van der Waals surface area contributed by atoms with Crippen LogP contribution in [0.2, 0.25) is 5.02 Å². The summed E-state index contributed by atoms with van der Waals surface area (Å²) in [4.78, 5) is 16.5. The summed E-state index contributed by atoms with van der Waals surface area (Å²) in [5, 5.41) is 14.9. The van der Waals surface area contributed by atoms with Crippen molar-refractivity contribution in [3.8, 4) is 0 Å². The summed E-state index contributed by atoms with van der Waals surface area (Å²) in [6.45, 7) is 0.608. The lowest BCUT2D eigenvalue weighted by molar-refractivity contribution is -0.124. The van der Waals surface area contributed by atoms with Gasteiger partial charge in [-0.1, -0.05) is 41.9 Å². The van der Waals surface area contributed by atoms with E-state index in [2.05, 4.69) is 10.3 Å². The molecular formula is C22H18ClN3O2. The number of nitrogens with zero attached hydrogens (tertiary/aromatic N) is 2. The molecule has 0 radical (unpaired) electrons. The fraction of sp³-hybridized carbons (Fsp3) is 0.0909. The molecule has 1 atom stereocenters. The predicted octanol–water partition coefficient (Wildman–Crippen LogP) is 4.41. The Hall–Kier alpha value is -3.15. The minimum absolute atomic E-state index is 0.486. The molecule has 2 aromatic carbocycles. The van der Waals surface area contributed by atoms with Crippen LogP contribution in [-0.2, 0) is 11.3 Å². The summed E-state index contributed by atoms with van der Waals surface area (Å²) in [5.41, 5.74) is 3.18. The summed E-state index contributed by atoms with van der Waals surface area (Å²) >= 11 is 5.97. The zero-order chi connectivity index (χ0) is 19.5. The number of hydrogen-bond acceptors (Lipinski definition) is 3. The second-order valence-corrected chi connectivity index (χ2v) is 6.92. The smallest absolute Gasteiger partial charge is 0.257 e. The Morgan fingerprint density at radius 3 is 2.54 bits per heavy atom. The van der Waals surface area contributed by atoms with E-state index in [1.54, 1.807) is 24.5 Å². The van der Waals surface area contributed by atoms with E-state index in [1.807, 2.05) is 59.3 Å². The van der Waals surface area contributed by atoms with Crippen LogP contribution >= 0.6 is 11.6 Å². The summed E-state index contributed by atoms with van der Waals surface area (Å²) in [7, 11) is 0. The number of carbonyl (C=O) groups is 1. The Labute approximate surface area is 167 Å². The molecule has 0 aliphatic heterocycles. The third kappa shape index (κ3) is 3.76. The lowest BCUT2D eigenvalue weighted by atomic mass is 10.1. The van der Waals surface area contributed by atoms with E-state index >= 15 is 0 Å². The van der Waals surface area contributed by atoms with E-state index < -0.39 is 12.0 Å².